The van der Waals surface area contributed by atoms with Crippen LogP contribution in [-0.4, -0.2) is 131 Å². The molecule has 1 amide bonds. The predicted octanol–water partition coefficient (Wildman–Crippen LogP) is 17.0. The highest BCUT2D eigenvalue weighted by atomic mass is 16.7. The molecule has 0 radical (unpaired) electrons. The molecule has 8 unspecified atom stereocenters. The second kappa shape index (κ2) is 42.1. The van der Waals surface area contributed by atoms with Crippen LogP contribution < -0.4 is 0 Å². The minimum atomic E-state index is -0.672. The quantitative estimate of drug-likeness (QED) is 0.0251. The smallest absolute Gasteiger partial charge is 0.305 e. The number of carbonyl (C=O) groups excluding carboxylic acids is 2. The molecule has 5 rings (SSSR count). The van der Waals surface area contributed by atoms with Gasteiger partial charge in [-0.3, -0.25) is 9.59 Å². The van der Waals surface area contributed by atoms with Crippen LogP contribution in [0.25, 0.3) is 0 Å². The van der Waals surface area contributed by atoms with Gasteiger partial charge in [0.25, 0.3) is 0 Å². The molecule has 0 aromatic carbocycles. The fourth-order valence-electron chi connectivity index (χ4n) is 14.6. The number of unbranched alkanes of at least 4 members (excludes halogenated alkanes) is 28. The first kappa shape index (κ1) is 71.0. The summed E-state index contributed by atoms with van der Waals surface area (Å²) in [4.78, 5) is 32.6. The van der Waals surface area contributed by atoms with Crippen LogP contribution in [0.5, 0.6) is 0 Å². The Hall–Kier alpha value is -1.80. The number of allylic oxidation sites excluding steroid dienone is 1. The minimum Gasteiger partial charge on any atom is -0.498 e. The van der Waals surface area contributed by atoms with E-state index in [1.54, 1.807) is 0 Å². The molecule has 5 saturated heterocycles. The standard InChI is InChI=1S/C70H128N2O10/c1-8-13-17-21-25-29-33-37-50-75-64(76-51-38-34-30-26-22-18-14-9-2)45-43-58(6)79-55-60-59(67-66-61-47-48-69(81-61)56-72(57-70(60,82-67)68(66)69)62(73)42-41-49-71(7)12-5)54-80-63(74)44-46-65(77-52-39-35-31-27-23-19-15-10-3)78-53-40-36-32-28-24-20-16-11-4/h59-61,64-68H,6,8-57H2,1-5,7H3. The number of carbonyl (C=O) groups is 2. The van der Waals surface area contributed by atoms with Crippen LogP contribution >= 0.6 is 0 Å². The van der Waals surface area contributed by atoms with Gasteiger partial charge in [-0.25, -0.2) is 0 Å². The highest BCUT2D eigenvalue weighted by Gasteiger charge is 2.81. The maximum atomic E-state index is 14.3. The zero-order chi connectivity index (χ0) is 58.5. The molecule has 5 aliphatic heterocycles. The van der Waals surface area contributed by atoms with E-state index in [9.17, 15) is 9.59 Å². The van der Waals surface area contributed by atoms with E-state index in [0.717, 1.165) is 70.9 Å². The van der Waals surface area contributed by atoms with Crippen LogP contribution in [-0.2, 0) is 47.5 Å². The summed E-state index contributed by atoms with van der Waals surface area (Å²) in [7, 11) is 2.11. The van der Waals surface area contributed by atoms with E-state index in [4.69, 9.17) is 37.9 Å². The molecule has 5 heterocycles. The van der Waals surface area contributed by atoms with Crippen LogP contribution in [0.1, 0.15) is 291 Å². The van der Waals surface area contributed by atoms with Crippen LogP contribution in [0.15, 0.2) is 12.3 Å². The zero-order valence-corrected chi connectivity index (χ0v) is 54.2. The molecule has 12 heteroatoms. The Kier molecular flexibility index (Phi) is 36.5. The van der Waals surface area contributed by atoms with Crippen molar-refractivity contribution >= 4 is 11.9 Å². The Labute approximate surface area is 503 Å². The first-order valence-electron chi connectivity index (χ1n) is 35.4. The number of hydrogen-bond acceptors (Lipinski definition) is 11. The van der Waals surface area contributed by atoms with Crippen molar-refractivity contribution in [2.75, 3.05) is 72.9 Å². The Balaban J connectivity index is 1.22. The molecule has 5 fully saturated rings. The largest absolute Gasteiger partial charge is 0.498 e. The summed E-state index contributed by atoms with van der Waals surface area (Å²) in [5.74, 6) is 0.747. The van der Waals surface area contributed by atoms with Gasteiger partial charge in [-0.2, -0.15) is 0 Å². The number of likely N-dealkylation sites (tertiary alicyclic amines) is 1. The molecule has 478 valence electrons. The molecule has 4 bridgehead atoms. The Morgan fingerprint density at radius 3 is 1.46 bits per heavy atom. The number of rotatable bonds is 56. The summed E-state index contributed by atoms with van der Waals surface area (Å²) in [6.07, 6.45) is 44.4. The van der Waals surface area contributed by atoms with Crippen molar-refractivity contribution in [2.45, 2.75) is 327 Å². The molecule has 0 N–H and O–H groups in total. The van der Waals surface area contributed by atoms with Gasteiger partial charge < -0.3 is 47.7 Å². The summed E-state index contributed by atoms with van der Waals surface area (Å²) in [5.41, 5.74) is -1.10. The maximum Gasteiger partial charge on any atom is 0.305 e. The third kappa shape index (κ3) is 24.4. The Bertz CT molecular complexity index is 1630. The van der Waals surface area contributed by atoms with Crippen molar-refractivity contribution in [3.05, 3.63) is 12.3 Å². The van der Waals surface area contributed by atoms with Gasteiger partial charge in [0.2, 0.25) is 5.91 Å². The van der Waals surface area contributed by atoms with Gasteiger partial charge in [-0.15, -0.1) is 0 Å². The van der Waals surface area contributed by atoms with E-state index in [2.05, 4.69) is 58.0 Å². The molecule has 0 saturated carbocycles. The lowest BCUT2D eigenvalue weighted by Gasteiger charge is -2.55. The predicted molar refractivity (Wildman–Crippen MR) is 334 cm³/mol. The fourth-order valence-corrected chi connectivity index (χ4v) is 14.6. The van der Waals surface area contributed by atoms with Gasteiger partial charge >= 0.3 is 5.97 Å². The van der Waals surface area contributed by atoms with Crippen molar-refractivity contribution in [3.63, 3.8) is 0 Å². The Morgan fingerprint density at radius 1 is 0.549 bits per heavy atom. The van der Waals surface area contributed by atoms with Crippen molar-refractivity contribution in [3.8, 4) is 0 Å². The van der Waals surface area contributed by atoms with Gasteiger partial charge in [0.1, 0.15) is 0 Å². The second-order valence-electron chi connectivity index (χ2n) is 26.2. The maximum absolute atomic E-state index is 14.3. The van der Waals surface area contributed by atoms with Crippen molar-refractivity contribution in [1.82, 2.24) is 9.80 Å². The van der Waals surface area contributed by atoms with E-state index in [1.165, 1.54) is 167 Å². The number of esters is 1. The third-order valence-corrected chi connectivity index (χ3v) is 19.5. The summed E-state index contributed by atoms with van der Waals surface area (Å²) in [5, 5.41) is 0. The van der Waals surface area contributed by atoms with Gasteiger partial charge in [0, 0.05) is 75.8 Å². The summed E-state index contributed by atoms with van der Waals surface area (Å²) in [6.45, 7) is 22.0. The van der Waals surface area contributed by atoms with Gasteiger partial charge in [-0.05, 0) is 65.1 Å². The number of fused-ring (bicyclic) bond motifs is 4. The van der Waals surface area contributed by atoms with Crippen LogP contribution in [0.3, 0.4) is 0 Å². The molecule has 0 aromatic rings. The highest BCUT2D eigenvalue weighted by molar-refractivity contribution is 5.77. The lowest BCUT2D eigenvalue weighted by Crippen LogP contribution is -2.69. The topological polar surface area (TPSA) is 114 Å². The highest BCUT2D eigenvalue weighted by Crippen LogP contribution is 2.70. The van der Waals surface area contributed by atoms with Crippen molar-refractivity contribution in [2.24, 2.45) is 23.7 Å². The van der Waals surface area contributed by atoms with Gasteiger partial charge in [0.15, 0.2) is 12.6 Å². The lowest BCUT2D eigenvalue weighted by molar-refractivity contribution is -0.179. The average molecular weight is 1160 g/mol. The van der Waals surface area contributed by atoms with E-state index < -0.39 is 17.5 Å². The second-order valence-corrected chi connectivity index (χ2v) is 26.2. The van der Waals surface area contributed by atoms with Crippen LogP contribution in [0, 0.1) is 23.7 Å². The zero-order valence-electron chi connectivity index (χ0n) is 54.2. The number of ether oxygens (including phenoxy) is 8. The molecule has 5 aliphatic rings. The van der Waals surface area contributed by atoms with Crippen molar-refractivity contribution < 1.29 is 47.5 Å². The third-order valence-electron chi connectivity index (χ3n) is 19.5. The van der Waals surface area contributed by atoms with Crippen molar-refractivity contribution in [1.29, 1.82) is 0 Å². The summed E-state index contributed by atoms with van der Waals surface area (Å²) >= 11 is 0. The number of hydrogen-bond donors (Lipinski definition) is 0. The lowest BCUT2D eigenvalue weighted by atomic mass is 9.53. The monoisotopic (exact) mass is 1160 g/mol. The fraction of sp³-hybridized carbons (Fsp3) is 0.943. The molecule has 2 spiro atoms. The van der Waals surface area contributed by atoms with Crippen LogP contribution in [0.4, 0.5) is 0 Å². The number of nitrogens with zero attached hydrogens (tertiary/aromatic N) is 2. The minimum absolute atomic E-state index is 0.0749. The molecule has 82 heavy (non-hydrogen) atoms. The van der Waals surface area contributed by atoms with Gasteiger partial charge in [-0.1, -0.05) is 221 Å². The molecule has 0 aliphatic carbocycles. The summed E-state index contributed by atoms with van der Waals surface area (Å²) in [6, 6.07) is 0. The molecule has 8 atom stereocenters. The first-order chi connectivity index (χ1) is 40.1. The molecule has 0 aromatic heterocycles. The van der Waals surface area contributed by atoms with E-state index in [-0.39, 0.29) is 67.1 Å². The molecule has 12 nitrogen and oxygen atoms in total. The summed E-state index contributed by atoms with van der Waals surface area (Å²) < 4.78 is 53.4. The van der Waals surface area contributed by atoms with Crippen LogP contribution in [0.2, 0.25) is 0 Å². The first-order valence-corrected chi connectivity index (χ1v) is 35.4. The number of piperidine rings is 1. The van der Waals surface area contributed by atoms with E-state index in [0.29, 0.717) is 77.6 Å². The normalized spacial score (nSPS) is 24.2. The van der Waals surface area contributed by atoms with Gasteiger partial charge in [0.05, 0.1) is 61.9 Å². The average Bonchev–Trinajstić information content (AvgIpc) is 1.52. The molecular weight excluding hydrogens is 1030 g/mol. The van der Waals surface area contributed by atoms with E-state index >= 15 is 0 Å². The number of amides is 1. The Morgan fingerprint density at radius 2 is 1.00 bits per heavy atom. The molecular formula is C70H128N2O10. The SMILES string of the molecule is C=C(CCC(OCCCCCCCCCC)OCCCCCCCCCC)OCC1C(COC(=O)CCC(OCCCCCCCCCC)OCCCCCCCCCC)C2OC13CN(C(=O)CCCN(C)CC)CC14CCC(O1)C2C43. The van der Waals surface area contributed by atoms with E-state index in [1.807, 2.05) is 0 Å².